The van der Waals surface area contributed by atoms with E-state index in [9.17, 15) is 4.79 Å². The highest BCUT2D eigenvalue weighted by atomic mass is 16.5. The fourth-order valence-corrected chi connectivity index (χ4v) is 3.46. The molecule has 0 bridgehead atoms. The quantitative estimate of drug-likeness (QED) is 0.922. The lowest BCUT2D eigenvalue weighted by Crippen LogP contribution is -2.38. The van der Waals surface area contributed by atoms with Crippen LogP contribution in [0.25, 0.3) is 11.0 Å². The van der Waals surface area contributed by atoms with Gasteiger partial charge in [0.2, 0.25) is 5.91 Å². The zero-order valence-corrected chi connectivity index (χ0v) is 12.5. The van der Waals surface area contributed by atoms with Crippen LogP contribution < -0.4 is 5.73 Å². The number of imidazole rings is 1. The van der Waals surface area contributed by atoms with Gasteiger partial charge in [0.15, 0.2) is 0 Å². The molecule has 2 aromatic rings. The molecule has 1 amide bonds. The van der Waals surface area contributed by atoms with Crippen LogP contribution in [-0.4, -0.2) is 46.2 Å². The number of rotatable bonds is 3. The van der Waals surface area contributed by atoms with Gasteiger partial charge in [-0.25, -0.2) is 4.98 Å². The first kappa shape index (κ1) is 13.7. The van der Waals surface area contributed by atoms with Gasteiger partial charge in [-0.15, -0.1) is 0 Å². The Morgan fingerprint density at radius 2 is 2.32 bits per heavy atom. The van der Waals surface area contributed by atoms with Crippen molar-refractivity contribution in [1.29, 1.82) is 0 Å². The predicted octanol–water partition coefficient (Wildman–Crippen LogP) is 1.13. The Labute approximate surface area is 128 Å². The molecule has 1 fully saturated rings. The van der Waals surface area contributed by atoms with E-state index in [4.69, 9.17) is 15.5 Å². The number of hydrogen-bond donors (Lipinski definition) is 1. The van der Waals surface area contributed by atoms with Crippen molar-refractivity contribution in [3.63, 3.8) is 0 Å². The number of fused-ring (bicyclic) bond motifs is 3. The molecule has 1 aromatic heterocycles. The number of nitrogens with zero attached hydrogens (tertiary/aromatic N) is 3. The van der Waals surface area contributed by atoms with Crippen molar-refractivity contribution in [2.24, 2.45) is 5.73 Å². The number of aromatic nitrogens is 2. The van der Waals surface area contributed by atoms with Gasteiger partial charge in [0.1, 0.15) is 5.82 Å². The molecule has 0 spiro atoms. The van der Waals surface area contributed by atoms with Crippen LogP contribution in [0.2, 0.25) is 0 Å². The minimum absolute atomic E-state index is 0.373. The highest BCUT2D eigenvalue weighted by molar-refractivity contribution is 5.96. The summed E-state index contributed by atoms with van der Waals surface area (Å²) in [5.41, 5.74) is 7.79. The van der Waals surface area contributed by atoms with Crippen molar-refractivity contribution in [3.8, 4) is 0 Å². The SMILES string of the molecule is NC(=O)c1ccc2c(c1)nc1n2CCN(CC2CCCO2)C1. The Morgan fingerprint density at radius 1 is 1.41 bits per heavy atom. The molecule has 6 heteroatoms. The van der Waals surface area contributed by atoms with Gasteiger partial charge in [0.05, 0.1) is 23.7 Å². The maximum absolute atomic E-state index is 11.3. The second kappa shape index (κ2) is 5.37. The van der Waals surface area contributed by atoms with E-state index in [1.165, 1.54) is 6.42 Å². The van der Waals surface area contributed by atoms with Crippen molar-refractivity contribution in [3.05, 3.63) is 29.6 Å². The largest absolute Gasteiger partial charge is 0.377 e. The van der Waals surface area contributed by atoms with Crippen molar-refractivity contribution in [1.82, 2.24) is 14.5 Å². The fourth-order valence-electron chi connectivity index (χ4n) is 3.46. The Balaban J connectivity index is 1.58. The number of carbonyl (C=O) groups is 1. The van der Waals surface area contributed by atoms with Gasteiger partial charge in [-0.05, 0) is 31.0 Å². The number of ether oxygens (including phenoxy) is 1. The minimum atomic E-state index is -0.409. The highest BCUT2D eigenvalue weighted by Gasteiger charge is 2.24. The van der Waals surface area contributed by atoms with Crippen LogP contribution in [0.4, 0.5) is 0 Å². The monoisotopic (exact) mass is 300 g/mol. The van der Waals surface area contributed by atoms with Gasteiger partial charge in [0.25, 0.3) is 0 Å². The van der Waals surface area contributed by atoms with Crippen molar-refractivity contribution < 1.29 is 9.53 Å². The third kappa shape index (κ3) is 2.38. The molecule has 2 aliphatic rings. The van der Waals surface area contributed by atoms with Gasteiger partial charge < -0.3 is 15.0 Å². The molecule has 116 valence electrons. The number of carbonyl (C=O) groups excluding carboxylic acids is 1. The summed E-state index contributed by atoms with van der Waals surface area (Å²) in [6.07, 6.45) is 2.71. The molecule has 0 saturated carbocycles. The number of benzene rings is 1. The molecular weight excluding hydrogens is 280 g/mol. The van der Waals surface area contributed by atoms with Crippen LogP contribution in [0.1, 0.15) is 29.0 Å². The molecule has 0 radical (unpaired) electrons. The smallest absolute Gasteiger partial charge is 0.248 e. The molecule has 2 N–H and O–H groups in total. The molecular formula is C16H20N4O2. The summed E-state index contributed by atoms with van der Waals surface area (Å²) < 4.78 is 7.97. The normalized spacial score (nSPS) is 22.1. The molecule has 1 atom stereocenters. The lowest BCUT2D eigenvalue weighted by molar-refractivity contribution is 0.0636. The van der Waals surface area contributed by atoms with Gasteiger partial charge >= 0.3 is 0 Å². The molecule has 1 aromatic carbocycles. The van der Waals surface area contributed by atoms with Crippen molar-refractivity contribution in [2.45, 2.75) is 32.0 Å². The average molecular weight is 300 g/mol. The van der Waals surface area contributed by atoms with Gasteiger partial charge in [-0.1, -0.05) is 0 Å². The number of primary amides is 1. The first-order chi connectivity index (χ1) is 10.7. The molecule has 2 aliphatic heterocycles. The van der Waals surface area contributed by atoms with E-state index in [0.717, 1.165) is 56.1 Å². The molecule has 0 aliphatic carbocycles. The topological polar surface area (TPSA) is 73.4 Å². The Hall–Kier alpha value is -1.92. The Bertz CT molecular complexity index is 718. The summed E-state index contributed by atoms with van der Waals surface area (Å²) in [7, 11) is 0. The van der Waals surface area contributed by atoms with E-state index < -0.39 is 5.91 Å². The Morgan fingerprint density at radius 3 is 3.09 bits per heavy atom. The summed E-state index contributed by atoms with van der Waals surface area (Å²) >= 11 is 0. The summed E-state index contributed by atoms with van der Waals surface area (Å²) in [5.74, 6) is 0.647. The number of hydrogen-bond acceptors (Lipinski definition) is 4. The highest BCUT2D eigenvalue weighted by Crippen LogP contribution is 2.23. The van der Waals surface area contributed by atoms with E-state index in [2.05, 4.69) is 9.47 Å². The molecule has 22 heavy (non-hydrogen) atoms. The second-order valence-electron chi connectivity index (χ2n) is 6.12. The van der Waals surface area contributed by atoms with E-state index in [1.54, 1.807) is 12.1 Å². The zero-order valence-electron chi connectivity index (χ0n) is 12.5. The van der Waals surface area contributed by atoms with Crippen LogP contribution >= 0.6 is 0 Å². The molecule has 1 unspecified atom stereocenters. The maximum Gasteiger partial charge on any atom is 0.248 e. The lowest BCUT2D eigenvalue weighted by Gasteiger charge is -2.29. The lowest BCUT2D eigenvalue weighted by atomic mass is 10.2. The zero-order chi connectivity index (χ0) is 15.1. The minimum Gasteiger partial charge on any atom is -0.377 e. The second-order valence-corrected chi connectivity index (χ2v) is 6.12. The third-order valence-corrected chi connectivity index (χ3v) is 4.60. The van der Waals surface area contributed by atoms with Gasteiger partial charge in [0, 0.05) is 31.8 Å². The van der Waals surface area contributed by atoms with Gasteiger partial charge in [-0.2, -0.15) is 0 Å². The first-order valence-electron chi connectivity index (χ1n) is 7.83. The van der Waals surface area contributed by atoms with E-state index in [-0.39, 0.29) is 0 Å². The summed E-state index contributed by atoms with van der Waals surface area (Å²) in [4.78, 5) is 18.4. The molecule has 3 heterocycles. The molecule has 6 nitrogen and oxygen atoms in total. The average Bonchev–Trinajstić information content (AvgIpc) is 3.13. The van der Waals surface area contributed by atoms with Crippen molar-refractivity contribution >= 4 is 16.9 Å². The summed E-state index contributed by atoms with van der Waals surface area (Å²) in [6.45, 7) is 4.65. The van der Waals surface area contributed by atoms with Crippen LogP contribution in [0.5, 0.6) is 0 Å². The summed E-state index contributed by atoms with van der Waals surface area (Å²) in [6, 6.07) is 5.51. The third-order valence-electron chi connectivity index (χ3n) is 4.60. The Kier molecular flexibility index (Phi) is 3.35. The molecule has 4 rings (SSSR count). The molecule has 1 saturated heterocycles. The van der Waals surface area contributed by atoms with Crippen LogP contribution in [0.15, 0.2) is 18.2 Å². The van der Waals surface area contributed by atoms with E-state index in [1.807, 2.05) is 6.07 Å². The van der Waals surface area contributed by atoms with Crippen molar-refractivity contribution in [2.75, 3.05) is 19.7 Å². The maximum atomic E-state index is 11.3. The van der Waals surface area contributed by atoms with Crippen LogP contribution in [-0.2, 0) is 17.8 Å². The summed E-state index contributed by atoms with van der Waals surface area (Å²) in [5, 5.41) is 0. The number of nitrogens with two attached hydrogens (primary N) is 1. The van der Waals surface area contributed by atoms with E-state index in [0.29, 0.717) is 11.7 Å². The van der Waals surface area contributed by atoms with Crippen LogP contribution in [0, 0.1) is 0 Å². The first-order valence-corrected chi connectivity index (χ1v) is 7.83. The number of amides is 1. The van der Waals surface area contributed by atoms with Crippen LogP contribution in [0.3, 0.4) is 0 Å². The fraction of sp³-hybridized carbons (Fsp3) is 0.500. The van der Waals surface area contributed by atoms with Gasteiger partial charge in [-0.3, -0.25) is 9.69 Å². The van der Waals surface area contributed by atoms with E-state index >= 15 is 0 Å². The predicted molar refractivity (Wildman–Crippen MR) is 82.5 cm³/mol. The standard InChI is InChI=1S/C16H20N4O2/c17-16(21)11-3-4-14-13(8-11)18-15-10-19(5-6-20(14)15)9-12-2-1-7-22-12/h3-4,8,12H,1-2,5-7,9-10H2,(H2,17,21).